The summed E-state index contributed by atoms with van der Waals surface area (Å²) >= 11 is 0. The Morgan fingerprint density at radius 3 is 2.48 bits per heavy atom. The molecule has 1 heterocycles. The number of hydrogen-bond donors (Lipinski definition) is 5. The van der Waals surface area contributed by atoms with Gasteiger partial charge in [0.05, 0.1) is 11.1 Å². The van der Waals surface area contributed by atoms with Crippen LogP contribution >= 0.6 is 0 Å². The highest BCUT2D eigenvalue weighted by molar-refractivity contribution is 6.08. The lowest BCUT2D eigenvalue weighted by Gasteiger charge is -2.46. The summed E-state index contributed by atoms with van der Waals surface area (Å²) in [5.74, 6) is 5.83. The van der Waals surface area contributed by atoms with Crippen molar-refractivity contribution in [1.29, 1.82) is 10.8 Å². The van der Waals surface area contributed by atoms with E-state index in [9.17, 15) is 4.79 Å². The molecule has 0 spiro atoms. The van der Waals surface area contributed by atoms with Crippen LogP contribution in [0.25, 0.3) is 0 Å². The van der Waals surface area contributed by atoms with Gasteiger partial charge in [-0.25, -0.2) is 5.84 Å². The molecule has 7 N–H and O–H groups in total. The van der Waals surface area contributed by atoms with Crippen LogP contribution in [-0.2, 0) is 4.79 Å². The Morgan fingerprint density at radius 1 is 1.32 bits per heavy atom. The van der Waals surface area contributed by atoms with Crippen LogP contribution in [0.3, 0.4) is 0 Å². The molecule has 134 valence electrons. The van der Waals surface area contributed by atoms with Gasteiger partial charge in [-0.15, -0.1) is 0 Å². The number of carbonyl (C=O) groups excluding carboxylic acids is 1. The summed E-state index contributed by atoms with van der Waals surface area (Å²) in [6.45, 7) is 7.02. The third-order valence-electron chi connectivity index (χ3n) is 4.57. The summed E-state index contributed by atoms with van der Waals surface area (Å²) in [5, 5.41) is 19.9. The Bertz CT molecular complexity index is 794. The Labute approximate surface area is 147 Å². The van der Waals surface area contributed by atoms with Crippen molar-refractivity contribution in [1.82, 2.24) is 9.91 Å². The molecule has 0 aliphatic carbocycles. The Morgan fingerprint density at radius 2 is 1.92 bits per heavy atom. The van der Waals surface area contributed by atoms with Crippen LogP contribution in [0.2, 0.25) is 0 Å². The van der Waals surface area contributed by atoms with Gasteiger partial charge in [-0.1, -0.05) is 0 Å². The first kappa shape index (κ1) is 18.5. The molecule has 8 heteroatoms. The first-order chi connectivity index (χ1) is 11.5. The molecule has 1 aromatic rings. The highest BCUT2D eigenvalue weighted by Gasteiger charge is 2.42. The van der Waals surface area contributed by atoms with Gasteiger partial charge in [-0.2, -0.15) is 0 Å². The average molecular weight is 343 g/mol. The predicted octanol–water partition coefficient (Wildman–Crippen LogP) is 1.70. The molecule has 0 unspecified atom stereocenters. The zero-order chi connectivity index (χ0) is 19.1. The lowest BCUT2D eigenvalue weighted by Crippen LogP contribution is -2.62. The van der Waals surface area contributed by atoms with Gasteiger partial charge in [-0.05, 0) is 45.9 Å². The molecule has 0 fully saturated rings. The van der Waals surface area contributed by atoms with Crippen LogP contribution in [0.4, 0.5) is 11.4 Å². The largest absolute Gasteiger partial charge is 0.398 e. The van der Waals surface area contributed by atoms with E-state index in [1.165, 1.54) is 5.01 Å². The number of hydrogen-bond acceptors (Lipinski definition) is 5. The van der Waals surface area contributed by atoms with Crippen molar-refractivity contribution >= 4 is 29.0 Å². The molecule has 0 bridgehead atoms. The summed E-state index contributed by atoms with van der Waals surface area (Å²) in [5.41, 5.74) is 8.08. The number of benzene rings is 1. The number of guanidine groups is 1. The summed E-state index contributed by atoms with van der Waals surface area (Å²) in [6.07, 6.45) is 0. The quantitative estimate of drug-likeness (QED) is 0.323. The number of hydrazine groups is 1. The summed E-state index contributed by atoms with van der Waals surface area (Å²) in [6, 6.07) is 5.03. The Kier molecular flexibility index (Phi) is 4.59. The van der Waals surface area contributed by atoms with Crippen LogP contribution in [0, 0.1) is 10.8 Å². The lowest BCUT2D eigenvalue weighted by atomic mass is 9.88. The fourth-order valence-electron chi connectivity index (χ4n) is 2.91. The Balaban J connectivity index is 2.42. The van der Waals surface area contributed by atoms with Crippen molar-refractivity contribution in [3.05, 3.63) is 35.0 Å². The number of nitrogen functional groups attached to an aromatic ring is 1. The van der Waals surface area contributed by atoms with Gasteiger partial charge in [0.25, 0.3) is 5.91 Å². The molecular formula is C17H25N7O. The Hall–Kier alpha value is -2.87. The number of nitrogens with zero attached hydrogens (tertiary/aromatic N) is 2. The van der Waals surface area contributed by atoms with E-state index in [0.29, 0.717) is 33.9 Å². The molecule has 0 aromatic heterocycles. The summed E-state index contributed by atoms with van der Waals surface area (Å²) in [4.78, 5) is 14.5. The molecule has 0 atom stereocenters. The fourth-order valence-corrected chi connectivity index (χ4v) is 2.91. The van der Waals surface area contributed by atoms with Gasteiger partial charge in [0, 0.05) is 35.4 Å². The van der Waals surface area contributed by atoms with Gasteiger partial charge in [0.15, 0.2) is 0 Å². The molecule has 1 amide bonds. The first-order valence-electron chi connectivity index (χ1n) is 7.83. The average Bonchev–Trinajstić information content (AvgIpc) is 2.52. The van der Waals surface area contributed by atoms with Crippen molar-refractivity contribution < 1.29 is 4.79 Å². The van der Waals surface area contributed by atoms with E-state index in [-0.39, 0.29) is 11.9 Å². The SMILES string of the molecule is CC(=N)c1cc(NC(=O)C2=C(C)N(C)C(=N)N(N)C2(C)C)ccc1N. The molecular weight excluding hydrogens is 318 g/mol. The van der Waals surface area contributed by atoms with Crippen LogP contribution < -0.4 is 16.9 Å². The fraction of sp³-hybridized carbons (Fsp3) is 0.353. The van der Waals surface area contributed by atoms with Crippen molar-refractivity contribution in [3.63, 3.8) is 0 Å². The predicted molar refractivity (Wildman–Crippen MR) is 100 cm³/mol. The molecule has 25 heavy (non-hydrogen) atoms. The maximum absolute atomic E-state index is 12.9. The second kappa shape index (κ2) is 6.21. The molecule has 1 aliphatic rings. The van der Waals surface area contributed by atoms with Gasteiger partial charge in [0.1, 0.15) is 0 Å². The standard InChI is InChI=1S/C17H25N7O/c1-9(18)12-8-11(6-7-13(12)19)22-15(25)14-10(2)23(5)16(20)24(21)17(14,3)4/h6-8,18,20H,19,21H2,1-5H3,(H,22,25). The highest BCUT2D eigenvalue weighted by atomic mass is 16.1. The molecule has 2 rings (SSSR count). The van der Waals surface area contributed by atoms with Crippen LogP contribution in [0.1, 0.15) is 33.3 Å². The number of allylic oxidation sites excluding steroid dienone is 1. The zero-order valence-electron chi connectivity index (χ0n) is 15.2. The van der Waals surface area contributed by atoms with Crippen molar-refractivity contribution in [3.8, 4) is 0 Å². The monoisotopic (exact) mass is 343 g/mol. The molecule has 1 aromatic carbocycles. The second-order valence-corrected chi connectivity index (χ2v) is 6.65. The second-order valence-electron chi connectivity index (χ2n) is 6.65. The van der Waals surface area contributed by atoms with Gasteiger partial charge in [0.2, 0.25) is 5.96 Å². The normalized spacial score (nSPS) is 17.0. The molecule has 0 saturated carbocycles. The molecule has 1 aliphatic heterocycles. The number of carbonyl (C=O) groups is 1. The van der Waals surface area contributed by atoms with Crippen molar-refractivity contribution in [2.75, 3.05) is 18.1 Å². The molecule has 0 radical (unpaired) electrons. The van der Waals surface area contributed by atoms with Crippen LogP contribution in [-0.4, -0.2) is 40.1 Å². The van der Waals surface area contributed by atoms with E-state index in [2.05, 4.69) is 5.32 Å². The van der Waals surface area contributed by atoms with Crippen LogP contribution in [0.15, 0.2) is 29.5 Å². The van der Waals surface area contributed by atoms with Gasteiger partial charge >= 0.3 is 0 Å². The van der Waals surface area contributed by atoms with E-state index in [4.69, 9.17) is 22.4 Å². The number of rotatable bonds is 3. The van der Waals surface area contributed by atoms with E-state index in [0.717, 1.165) is 0 Å². The molecule has 8 nitrogen and oxygen atoms in total. The summed E-state index contributed by atoms with van der Waals surface area (Å²) in [7, 11) is 1.69. The lowest BCUT2D eigenvalue weighted by molar-refractivity contribution is -0.114. The topological polar surface area (TPSA) is 135 Å². The third kappa shape index (κ3) is 3.08. The first-order valence-corrected chi connectivity index (χ1v) is 7.83. The van der Waals surface area contributed by atoms with Crippen molar-refractivity contribution in [2.24, 2.45) is 5.84 Å². The smallest absolute Gasteiger partial charge is 0.255 e. The van der Waals surface area contributed by atoms with Gasteiger partial charge in [-0.3, -0.25) is 15.2 Å². The zero-order valence-corrected chi connectivity index (χ0v) is 15.2. The number of nitrogens with two attached hydrogens (primary N) is 2. The number of amides is 1. The number of anilines is 2. The highest BCUT2D eigenvalue weighted by Crippen LogP contribution is 2.32. The van der Waals surface area contributed by atoms with E-state index < -0.39 is 5.54 Å². The number of nitrogens with one attached hydrogen (secondary N) is 3. The summed E-state index contributed by atoms with van der Waals surface area (Å²) < 4.78 is 0. The minimum atomic E-state index is -0.841. The van der Waals surface area contributed by atoms with E-state index in [1.807, 2.05) is 0 Å². The minimum Gasteiger partial charge on any atom is -0.398 e. The van der Waals surface area contributed by atoms with E-state index >= 15 is 0 Å². The van der Waals surface area contributed by atoms with Crippen molar-refractivity contribution in [2.45, 2.75) is 33.2 Å². The maximum atomic E-state index is 12.9. The molecule has 0 saturated heterocycles. The minimum absolute atomic E-state index is 0.119. The van der Waals surface area contributed by atoms with Gasteiger partial charge < -0.3 is 21.4 Å². The van der Waals surface area contributed by atoms with E-state index in [1.54, 1.807) is 57.8 Å². The maximum Gasteiger partial charge on any atom is 0.255 e. The van der Waals surface area contributed by atoms with Crippen LogP contribution in [0.5, 0.6) is 0 Å². The third-order valence-corrected chi connectivity index (χ3v) is 4.57.